The van der Waals surface area contributed by atoms with Crippen molar-refractivity contribution in [2.75, 3.05) is 12.4 Å². The molecule has 0 aliphatic carbocycles. The van der Waals surface area contributed by atoms with Gasteiger partial charge in [0.05, 0.1) is 7.11 Å². The summed E-state index contributed by atoms with van der Waals surface area (Å²) in [6.07, 6.45) is 0. The van der Waals surface area contributed by atoms with Crippen LogP contribution in [0.1, 0.15) is 11.6 Å². The molecular weight excluding hydrogens is 341 g/mol. The van der Waals surface area contributed by atoms with E-state index in [1.54, 1.807) is 24.3 Å². The zero-order valence-electron chi connectivity index (χ0n) is 11.1. The van der Waals surface area contributed by atoms with E-state index >= 15 is 0 Å². The van der Waals surface area contributed by atoms with Crippen molar-refractivity contribution in [3.8, 4) is 5.75 Å². The summed E-state index contributed by atoms with van der Waals surface area (Å²) < 4.78 is 19.6. The molecule has 0 radical (unpaired) electrons. The van der Waals surface area contributed by atoms with Crippen LogP contribution in [0.5, 0.6) is 5.75 Å². The van der Waals surface area contributed by atoms with E-state index in [-0.39, 0.29) is 5.56 Å². The number of rotatable bonds is 5. The first-order chi connectivity index (χ1) is 10.0. The Balaban J connectivity index is 2.35. The van der Waals surface area contributed by atoms with Crippen LogP contribution in [-0.2, 0) is 4.79 Å². The maximum Gasteiger partial charge on any atom is 0.330 e. The van der Waals surface area contributed by atoms with Crippen LogP contribution in [-0.4, -0.2) is 18.2 Å². The van der Waals surface area contributed by atoms with Crippen molar-refractivity contribution in [1.29, 1.82) is 0 Å². The number of aliphatic carboxylic acids is 1. The van der Waals surface area contributed by atoms with E-state index < -0.39 is 17.8 Å². The second-order valence-electron chi connectivity index (χ2n) is 4.31. The molecule has 2 rings (SSSR count). The highest BCUT2D eigenvalue weighted by Gasteiger charge is 2.23. The molecule has 0 saturated heterocycles. The van der Waals surface area contributed by atoms with Gasteiger partial charge in [0.15, 0.2) is 6.04 Å². The van der Waals surface area contributed by atoms with E-state index in [1.807, 2.05) is 0 Å². The normalized spacial score (nSPS) is 11.8. The molecule has 110 valence electrons. The molecule has 0 aromatic heterocycles. The van der Waals surface area contributed by atoms with Gasteiger partial charge in [0.25, 0.3) is 0 Å². The topological polar surface area (TPSA) is 58.6 Å². The molecule has 2 N–H and O–H groups in total. The van der Waals surface area contributed by atoms with Crippen LogP contribution >= 0.6 is 15.9 Å². The molecule has 2 aromatic carbocycles. The Kier molecular flexibility index (Phi) is 4.80. The molecule has 0 spiro atoms. The van der Waals surface area contributed by atoms with Crippen LogP contribution in [0.15, 0.2) is 46.9 Å². The number of halogens is 2. The van der Waals surface area contributed by atoms with Gasteiger partial charge in [-0.2, -0.15) is 0 Å². The van der Waals surface area contributed by atoms with E-state index in [1.165, 1.54) is 25.3 Å². The van der Waals surface area contributed by atoms with E-state index in [0.717, 1.165) is 0 Å². The maximum absolute atomic E-state index is 13.9. The quantitative estimate of drug-likeness (QED) is 0.857. The molecule has 4 nitrogen and oxygen atoms in total. The second-order valence-corrected chi connectivity index (χ2v) is 5.23. The summed E-state index contributed by atoms with van der Waals surface area (Å²) in [6.45, 7) is 0. The molecule has 0 amide bonds. The second kappa shape index (κ2) is 6.58. The summed E-state index contributed by atoms with van der Waals surface area (Å²) >= 11 is 3.21. The van der Waals surface area contributed by atoms with Crippen molar-refractivity contribution in [3.63, 3.8) is 0 Å². The Morgan fingerprint density at radius 1 is 1.33 bits per heavy atom. The Labute approximate surface area is 129 Å². The van der Waals surface area contributed by atoms with Crippen molar-refractivity contribution in [3.05, 3.63) is 58.3 Å². The number of carboxylic acid groups (broad SMARTS) is 1. The van der Waals surface area contributed by atoms with Gasteiger partial charge in [0.2, 0.25) is 0 Å². The predicted molar refractivity (Wildman–Crippen MR) is 81.1 cm³/mol. The first-order valence-corrected chi connectivity index (χ1v) is 6.89. The number of nitrogens with one attached hydrogen (secondary N) is 1. The lowest BCUT2D eigenvalue weighted by atomic mass is 10.1. The summed E-state index contributed by atoms with van der Waals surface area (Å²) in [5, 5.41) is 12.2. The number of carboxylic acids is 1. The molecule has 0 aliphatic rings. The Morgan fingerprint density at radius 2 is 2.10 bits per heavy atom. The van der Waals surface area contributed by atoms with Crippen molar-refractivity contribution in [2.45, 2.75) is 6.04 Å². The van der Waals surface area contributed by atoms with Crippen LogP contribution in [0.2, 0.25) is 0 Å². The van der Waals surface area contributed by atoms with Crippen LogP contribution in [0.4, 0.5) is 10.1 Å². The highest BCUT2D eigenvalue weighted by Crippen LogP contribution is 2.27. The Morgan fingerprint density at radius 3 is 2.76 bits per heavy atom. The minimum absolute atomic E-state index is 0.0553. The van der Waals surface area contributed by atoms with Crippen LogP contribution in [0.25, 0.3) is 0 Å². The number of hydrogen-bond donors (Lipinski definition) is 2. The first kappa shape index (κ1) is 15.3. The van der Waals surface area contributed by atoms with Crippen molar-refractivity contribution in [2.24, 2.45) is 0 Å². The van der Waals surface area contributed by atoms with Gasteiger partial charge in [0, 0.05) is 21.8 Å². The van der Waals surface area contributed by atoms with E-state index in [0.29, 0.717) is 15.9 Å². The first-order valence-electron chi connectivity index (χ1n) is 6.09. The highest BCUT2D eigenvalue weighted by atomic mass is 79.9. The molecule has 2 aromatic rings. The molecule has 21 heavy (non-hydrogen) atoms. The van der Waals surface area contributed by atoms with Crippen molar-refractivity contribution < 1.29 is 19.0 Å². The molecule has 0 aliphatic heterocycles. The van der Waals surface area contributed by atoms with Gasteiger partial charge in [-0.15, -0.1) is 0 Å². The fraction of sp³-hybridized carbons (Fsp3) is 0.133. The third kappa shape index (κ3) is 3.72. The molecular formula is C15H13BrFNO3. The lowest BCUT2D eigenvalue weighted by Gasteiger charge is -2.17. The zero-order valence-corrected chi connectivity index (χ0v) is 12.7. The minimum Gasteiger partial charge on any atom is -0.497 e. The van der Waals surface area contributed by atoms with E-state index in [2.05, 4.69) is 21.2 Å². The van der Waals surface area contributed by atoms with E-state index in [9.17, 15) is 14.3 Å². The number of hydrogen-bond acceptors (Lipinski definition) is 3. The standard InChI is InChI=1S/C15H13BrFNO3/c1-21-11-4-2-3-10(8-11)18-14(15(19)20)12-7-9(16)5-6-13(12)17/h2-8,14,18H,1H3,(H,19,20). The lowest BCUT2D eigenvalue weighted by Crippen LogP contribution is -2.21. The third-order valence-corrected chi connectivity index (χ3v) is 3.39. The van der Waals surface area contributed by atoms with E-state index in [4.69, 9.17) is 4.74 Å². The third-order valence-electron chi connectivity index (χ3n) is 2.90. The molecule has 0 bridgehead atoms. The number of anilines is 1. The van der Waals surface area contributed by atoms with Crippen molar-refractivity contribution in [1.82, 2.24) is 0 Å². The van der Waals surface area contributed by atoms with Gasteiger partial charge < -0.3 is 15.2 Å². The monoisotopic (exact) mass is 353 g/mol. The van der Waals surface area contributed by atoms with Crippen LogP contribution < -0.4 is 10.1 Å². The fourth-order valence-corrected chi connectivity index (χ4v) is 2.27. The predicted octanol–water partition coefficient (Wildman–Crippen LogP) is 3.83. The number of benzene rings is 2. The molecule has 0 saturated carbocycles. The summed E-state index contributed by atoms with van der Waals surface area (Å²) in [5.41, 5.74) is 0.584. The van der Waals surface area contributed by atoms with Crippen LogP contribution in [0, 0.1) is 5.82 Å². The van der Waals surface area contributed by atoms with Gasteiger partial charge in [-0.25, -0.2) is 9.18 Å². The molecule has 6 heteroatoms. The zero-order chi connectivity index (χ0) is 15.4. The van der Waals surface area contributed by atoms with Gasteiger partial charge >= 0.3 is 5.97 Å². The lowest BCUT2D eigenvalue weighted by molar-refractivity contribution is -0.138. The summed E-state index contributed by atoms with van der Waals surface area (Å²) in [4.78, 5) is 11.4. The average Bonchev–Trinajstić information content (AvgIpc) is 2.47. The SMILES string of the molecule is COc1cccc(NC(C(=O)O)c2cc(Br)ccc2F)c1. The maximum atomic E-state index is 13.9. The molecule has 1 unspecified atom stereocenters. The number of methoxy groups -OCH3 is 1. The smallest absolute Gasteiger partial charge is 0.330 e. The summed E-state index contributed by atoms with van der Waals surface area (Å²) in [6, 6.07) is 9.78. The average molecular weight is 354 g/mol. The molecule has 0 fully saturated rings. The largest absolute Gasteiger partial charge is 0.497 e. The van der Waals surface area contributed by atoms with Gasteiger partial charge in [0.1, 0.15) is 11.6 Å². The molecule has 0 heterocycles. The summed E-state index contributed by atoms with van der Waals surface area (Å²) in [5.74, 6) is -1.17. The molecule has 1 atom stereocenters. The Hall–Kier alpha value is -2.08. The van der Waals surface area contributed by atoms with Gasteiger partial charge in [-0.1, -0.05) is 22.0 Å². The minimum atomic E-state index is -1.20. The van der Waals surface area contributed by atoms with Gasteiger partial charge in [-0.3, -0.25) is 0 Å². The van der Waals surface area contributed by atoms with Gasteiger partial charge in [-0.05, 0) is 30.3 Å². The summed E-state index contributed by atoms with van der Waals surface area (Å²) in [7, 11) is 1.52. The number of carbonyl (C=O) groups is 1. The fourth-order valence-electron chi connectivity index (χ4n) is 1.89. The number of ether oxygens (including phenoxy) is 1. The van der Waals surface area contributed by atoms with Crippen molar-refractivity contribution >= 4 is 27.6 Å². The van der Waals surface area contributed by atoms with Crippen LogP contribution in [0.3, 0.4) is 0 Å². The Bertz CT molecular complexity index is 663. The highest BCUT2D eigenvalue weighted by molar-refractivity contribution is 9.10.